The van der Waals surface area contributed by atoms with E-state index in [1.807, 2.05) is 24.3 Å². The topological polar surface area (TPSA) is 53.9 Å². The Bertz CT molecular complexity index is 688. The molecule has 126 valence electrons. The van der Waals surface area contributed by atoms with Gasteiger partial charge in [0.25, 0.3) is 0 Å². The second-order valence-electron chi connectivity index (χ2n) is 6.19. The van der Waals surface area contributed by atoms with Crippen LogP contribution in [0.5, 0.6) is 0 Å². The molecular formula is C15H21BrN3O2S2+. The van der Waals surface area contributed by atoms with Gasteiger partial charge in [-0.1, -0.05) is 22.0 Å². The van der Waals surface area contributed by atoms with Crippen molar-refractivity contribution in [2.24, 2.45) is 0 Å². The molecule has 0 unspecified atom stereocenters. The van der Waals surface area contributed by atoms with E-state index in [0.717, 1.165) is 47.9 Å². The van der Waals surface area contributed by atoms with Gasteiger partial charge in [0, 0.05) is 16.6 Å². The summed E-state index contributed by atoms with van der Waals surface area (Å²) in [5, 5.41) is 4.01. The highest BCUT2D eigenvalue weighted by atomic mass is 79.9. The molecule has 0 radical (unpaired) electrons. The maximum atomic E-state index is 11.6. The molecule has 0 aliphatic carbocycles. The molecule has 3 rings (SSSR count). The first-order valence-corrected chi connectivity index (χ1v) is 10.8. The fourth-order valence-corrected chi connectivity index (χ4v) is 5.82. The Labute approximate surface area is 151 Å². The molecule has 1 aromatic rings. The number of quaternary nitrogens is 1. The van der Waals surface area contributed by atoms with Crippen molar-refractivity contribution in [2.75, 3.05) is 43.0 Å². The van der Waals surface area contributed by atoms with Gasteiger partial charge in [0.05, 0.1) is 31.9 Å². The van der Waals surface area contributed by atoms with Crippen molar-refractivity contribution in [1.82, 2.24) is 4.90 Å². The van der Waals surface area contributed by atoms with E-state index in [4.69, 9.17) is 12.2 Å². The third-order valence-corrected chi connectivity index (χ3v) is 7.20. The van der Waals surface area contributed by atoms with E-state index in [1.54, 1.807) is 0 Å². The van der Waals surface area contributed by atoms with Crippen LogP contribution in [0.25, 0.3) is 0 Å². The smallest absolute Gasteiger partial charge is 0.173 e. The highest BCUT2D eigenvalue weighted by Gasteiger charge is 2.37. The standard InChI is InChI=1S/C15H20BrN3O2S2/c16-12-2-1-3-13(10-12)17-15(22)19-7-5-18(6-8-19)14-4-9-23(20,21)11-14/h1-3,10,14H,4-9,11H2,(H,17,22)/p+1/t14-/m0/s1. The van der Waals surface area contributed by atoms with Crippen LogP contribution >= 0.6 is 28.1 Å². The quantitative estimate of drug-likeness (QED) is 0.686. The molecule has 1 atom stereocenters. The SMILES string of the molecule is O=S1(=O)CC[C@H]([NH+]2CCN(C(=S)Nc3cccc(Br)c3)CC2)C1. The van der Waals surface area contributed by atoms with Crippen LogP contribution in [-0.4, -0.2) is 62.2 Å². The average Bonchev–Trinajstić information content (AvgIpc) is 2.87. The van der Waals surface area contributed by atoms with Crippen LogP contribution in [0.1, 0.15) is 6.42 Å². The van der Waals surface area contributed by atoms with Crippen molar-refractivity contribution in [3.05, 3.63) is 28.7 Å². The number of nitrogens with one attached hydrogen (secondary N) is 2. The number of benzene rings is 1. The molecule has 23 heavy (non-hydrogen) atoms. The Balaban J connectivity index is 1.51. The van der Waals surface area contributed by atoms with Gasteiger partial charge in [0.15, 0.2) is 14.9 Å². The summed E-state index contributed by atoms with van der Waals surface area (Å²) in [7, 11) is -2.80. The van der Waals surface area contributed by atoms with E-state index in [0.29, 0.717) is 11.5 Å². The zero-order chi connectivity index (χ0) is 16.4. The normalized spacial score (nSPS) is 24.6. The molecule has 2 aliphatic heterocycles. The zero-order valence-corrected chi connectivity index (χ0v) is 16.0. The van der Waals surface area contributed by atoms with E-state index in [9.17, 15) is 8.42 Å². The number of nitrogens with zero attached hydrogens (tertiary/aromatic N) is 1. The summed E-state index contributed by atoms with van der Waals surface area (Å²) in [6, 6.07) is 8.21. The summed E-state index contributed by atoms with van der Waals surface area (Å²) in [4.78, 5) is 3.58. The van der Waals surface area contributed by atoms with E-state index in [2.05, 4.69) is 26.1 Å². The summed E-state index contributed by atoms with van der Waals surface area (Å²) in [5.41, 5.74) is 0.973. The predicted octanol–water partition coefficient (Wildman–Crippen LogP) is 0.534. The summed E-state index contributed by atoms with van der Waals surface area (Å²) < 4.78 is 24.3. The lowest BCUT2D eigenvalue weighted by Crippen LogP contribution is -3.18. The van der Waals surface area contributed by atoms with Crippen LogP contribution in [0, 0.1) is 0 Å². The molecule has 0 spiro atoms. The first kappa shape index (κ1) is 17.1. The van der Waals surface area contributed by atoms with Crippen molar-refractivity contribution >= 4 is 48.8 Å². The minimum absolute atomic E-state index is 0.272. The minimum Gasteiger partial charge on any atom is -0.338 e. The molecule has 1 aromatic carbocycles. The van der Waals surface area contributed by atoms with Crippen LogP contribution in [0.4, 0.5) is 5.69 Å². The van der Waals surface area contributed by atoms with Crippen LogP contribution in [-0.2, 0) is 9.84 Å². The van der Waals surface area contributed by atoms with E-state index >= 15 is 0 Å². The second kappa shape index (κ2) is 7.04. The predicted molar refractivity (Wildman–Crippen MR) is 99.7 cm³/mol. The van der Waals surface area contributed by atoms with Gasteiger partial charge in [-0.05, 0) is 30.4 Å². The van der Waals surface area contributed by atoms with Gasteiger partial charge in [-0.2, -0.15) is 0 Å². The first-order valence-electron chi connectivity index (χ1n) is 7.79. The number of sulfone groups is 1. The highest BCUT2D eigenvalue weighted by Crippen LogP contribution is 2.16. The van der Waals surface area contributed by atoms with Gasteiger partial charge in [0.2, 0.25) is 0 Å². The number of rotatable bonds is 2. The molecule has 5 nitrogen and oxygen atoms in total. The van der Waals surface area contributed by atoms with Gasteiger partial charge in [-0.15, -0.1) is 0 Å². The average molecular weight is 419 g/mol. The summed E-state index contributed by atoms with van der Waals surface area (Å²) in [6.07, 6.45) is 0.804. The molecule has 2 aliphatic rings. The summed E-state index contributed by atoms with van der Waals surface area (Å²) in [5.74, 6) is 0.705. The van der Waals surface area contributed by atoms with Gasteiger partial charge >= 0.3 is 0 Å². The van der Waals surface area contributed by atoms with Crippen molar-refractivity contribution in [3.8, 4) is 0 Å². The Morgan fingerprint density at radius 1 is 1.35 bits per heavy atom. The van der Waals surface area contributed by atoms with Crippen LogP contribution in [0.15, 0.2) is 28.7 Å². The monoisotopic (exact) mass is 418 g/mol. The lowest BCUT2D eigenvalue weighted by Gasteiger charge is -2.36. The summed E-state index contributed by atoms with van der Waals surface area (Å²) >= 11 is 8.96. The number of halogens is 1. The van der Waals surface area contributed by atoms with Crippen LogP contribution in [0.2, 0.25) is 0 Å². The molecule has 8 heteroatoms. The maximum Gasteiger partial charge on any atom is 0.173 e. The van der Waals surface area contributed by atoms with Gasteiger partial charge in [0.1, 0.15) is 11.8 Å². The van der Waals surface area contributed by atoms with Crippen LogP contribution in [0.3, 0.4) is 0 Å². The molecule has 0 aromatic heterocycles. The lowest BCUT2D eigenvalue weighted by molar-refractivity contribution is -0.925. The highest BCUT2D eigenvalue weighted by molar-refractivity contribution is 9.10. The Morgan fingerprint density at radius 2 is 2.09 bits per heavy atom. The summed E-state index contributed by atoms with van der Waals surface area (Å²) in [6.45, 7) is 3.62. The van der Waals surface area contributed by atoms with Crippen molar-refractivity contribution in [3.63, 3.8) is 0 Å². The van der Waals surface area contributed by atoms with Gasteiger partial charge in [-0.25, -0.2) is 8.42 Å². The fraction of sp³-hybridized carbons (Fsp3) is 0.533. The third-order valence-electron chi connectivity index (χ3n) is 4.58. The van der Waals surface area contributed by atoms with Crippen molar-refractivity contribution in [2.45, 2.75) is 12.5 Å². The molecule has 0 bridgehead atoms. The molecule has 2 heterocycles. The minimum atomic E-state index is -2.80. The molecule has 2 fully saturated rings. The van der Waals surface area contributed by atoms with E-state index in [-0.39, 0.29) is 6.04 Å². The Hall–Kier alpha value is -0.700. The van der Waals surface area contributed by atoms with Gasteiger partial charge < -0.3 is 15.1 Å². The largest absolute Gasteiger partial charge is 0.338 e. The lowest BCUT2D eigenvalue weighted by atomic mass is 10.2. The second-order valence-corrected chi connectivity index (χ2v) is 9.72. The number of hydrogen-bond acceptors (Lipinski definition) is 3. The molecule has 0 saturated carbocycles. The zero-order valence-electron chi connectivity index (χ0n) is 12.8. The maximum absolute atomic E-state index is 11.6. The molecule has 0 amide bonds. The Morgan fingerprint density at radius 3 is 2.70 bits per heavy atom. The number of thiocarbonyl (C=S) groups is 1. The number of piperazine rings is 1. The Kier molecular flexibility index (Phi) is 5.25. The molecule has 2 N–H and O–H groups in total. The molecular weight excluding hydrogens is 398 g/mol. The first-order chi connectivity index (χ1) is 10.9. The number of anilines is 1. The van der Waals surface area contributed by atoms with E-state index in [1.165, 1.54) is 4.90 Å². The van der Waals surface area contributed by atoms with E-state index < -0.39 is 9.84 Å². The third kappa shape index (κ3) is 4.43. The van der Waals surface area contributed by atoms with Gasteiger partial charge in [-0.3, -0.25) is 0 Å². The number of hydrogen-bond donors (Lipinski definition) is 2. The van der Waals surface area contributed by atoms with Crippen LogP contribution < -0.4 is 10.2 Å². The van der Waals surface area contributed by atoms with Crippen molar-refractivity contribution < 1.29 is 13.3 Å². The van der Waals surface area contributed by atoms with Crippen molar-refractivity contribution in [1.29, 1.82) is 0 Å². The molecule has 2 saturated heterocycles. The fourth-order valence-electron chi connectivity index (χ4n) is 3.29.